The van der Waals surface area contributed by atoms with E-state index in [1.54, 1.807) is 37.1 Å². The summed E-state index contributed by atoms with van der Waals surface area (Å²) in [5.41, 5.74) is 6.97. The molecule has 2 aromatic heterocycles. The minimum Gasteiger partial charge on any atom is -0.472 e. The Kier molecular flexibility index (Phi) is 13.1. The van der Waals surface area contributed by atoms with E-state index in [1.807, 2.05) is 35.2 Å². The molecule has 14 nitrogen and oxygen atoms in total. The van der Waals surface area contributed by atoms with Gasteiger partial charge in [0, 0.05) is 118 Å². The number of aryl methyl sites for hydroxylation is 2. The number of aromatic nitrogens is 4. The lowest BCUT2D eigenvalue weighted by molar-refractivity contribution is -0.479. The molecule has 8 heterocycles. The molecule has 2 aromatic carbocycles. The number of fused-ring (bicyclic) bond motifs is 1. The van der Waals surface area contributed by atoms with E-state index < -0.39 is 6.43 Å². The second-order valence-electron chi connectivity index (χ2n) is 21.3. The summed E-state index contributed by atoms with van der Waals surface area (Å²) in [5, 5.41) is 28.5. The molecule has 0 radical (unpaired) electrons. The summed E-state index contributed by atoms with van der Waals surface area (Å²) in [6.45, 7) is 11.5. The summed E-state index contributed by atoms with van der Waals surface area (Å²) in [6, 6.07) is 16.0. The van der Waals surface area contributed by atoms with Crippen molar-refractivity contribution in [3.8, 4) is 23.1 Å². The molecule has 71 heavy (non-hydrogen) atoms. The molecule has 1 saturated carbocycles. The number of carbonyl (C=O) groups excluding carboxylic acids is 1. The molecule has 7 aliphatic rings. The largest absolute Gasteiger partial charge is 0.472 e. The monoisotopic (exact) mass is 985 g/mol. The number of nitriles is 1. The van der Waals surface area contributed by atoms with Gasteiger partial charge in [0.25, 0.3) is 6.43 Å². The highest BCUT2D eigenvalue weighted by Gasteiger charge is 2.45. The summed E-state index contributed by atoms with van der Waals surface area (Å²) in [6.07, 6.45) is 14.2. The minimum atomic E-state index is -2.65. The van der Waals surface area contributed by atoms with Gasteiger partial charge in [-0.25, -0.2) is 8.78 Å². The fourth-order valence-corrected chi connectivity index (χ4v) is 13.0. The number of halogens is 3. The molecule has 0 N–H and O–H groups in total. The summed E-state index contributed by atoms with van der Waals surface area (Å²) < 4.78 is 39.6. The van der Waals surface area contributed by atoms with Gasteiger partial charge >= 0.3 is 0 Å². The van der Waals surface area contributed by atoms with E-state index in [-0.39, 0.29) is 23.0 Å². The Morgan fingerprint density at radius 1 is 1.03 bits per heavy atom. The number of amides is 1. The number of hydrogen-bond acceptors (Lipinski definition) is 11. The van der Waals surface area contributed by atoms with E-state index in [4.69, 9.17) is 21.4 Å². The molecule has 1 amide bonds. The first-order valence-electron chi connectivity index (χ1n) is 25.8. The lowest BCUT2D eigenvalue weighted by Gasteiger charge is -2.39. The molecule has 0 unspecified atom stereocenters. The number of nitrogens with zero attached hydrogens (tertiary/aromatic N) is 12. The fourth-order valence-electron chi connectivity index (χ4n) is 12.8. The van der Waals surface area contributed by atoms with Crippen molar-refractivity contribution in [2.75, 3.05) is 73.6 Å². The molecule has 1 aliphatic carbocycles. The Morgan fingerprint density at radius 2 is 1.86 bits per heavy atom. The third kappa shape index (κ3) is 9.64. The number of hydrogen-bond donors (Lipinski definition) is 0. The van der Waals surface area contributed by atoms with E-state index in [0.29, 0.717) is 71.5 Å². The Morgan fingerprint density at radius 3 is 2.58 bits per heavy atom. The molecule has 11 rings (SSSR count). The molecular weight excluding hydrogens is 922 g/mol. The zero-order valence-electron chi connectivity index (χ0n) is 41.1. The zero-order valence-corrected chi connectivity index (χ0v) is 41.9. The topological polar surface area (TPSA) is 125 Å². The number of ether oxygens (including phenoxy) is 1. The van der Waals surface area contributed by atoms with Crippen molar-refractivity contribution in [2.45, 2.75) is 103 Å². The number of hydrazone groups is 1. The van der Waals surface area contributed by atoms with Crippen LogP contribution in [0.5, 0.6) is 5.88 Å². The number of anilines is 3. The van der Waals surface area contributed by atoms with Crippen molar-refractivity contribution < 1.29 is 23.0 Å². The van der Waals surface area contributed by atoms with E-state index in [1.165, 1.54) is 0 Å². The standard InChI is InChI=1S/C54H64ClF2N12O2/c1-35-26-54(34-68(35)42-11-10-40(27-58)47(55)24-42)16-21-65(22-17-54)50-12-13-51(61-60-50)71-43-14-19-64(32-43)29-37-6-8-38(9-7-37)30-69-48-15-20-66(36(2)70)33-46(48)53(62-69)67-18-4-5-39-23-44(41-28-59-63(3)31-41)45(52(56)57)25-49(39)67/h10-13,23-25,28,30-31,35,37-38,43,52H,4-9,14-22,26,29,32-34H2,1-3H3/q+1/b69-30-/t35-,37?,38?,43+/m0/s1. The molecule has 2 atom stereocenters. The Labute approximate surface area is 420 Å². The second kappa shape index (κ2) is 19.6. The Bertz CT molecular complexity index is 2810. The summed E-state index contributed by atoms with van der Waals surface area (Å²) in [5.74, 6) is 3.27. The third-order valence-corrected chi connectivity index (χ3v) is 16.9. The first-order valence-corrected chi connectivity index (χ1v) is 26.1. The van der Waals surface area contributed by atoms with Gasteiger partial charge in [-0.2, -0.15) is 10.4 Å². The minimum absolute atomic E-state index is 0.00823. The van der Waals surface area contributed by atoms with Crippen molar-refractivity contribution in [1.29, 1.82) is 5.26 Å². The van der Waals surface area contributed by atoms with Gasteiger partial charge in [-0.1, -0.05) is 16.3 Å². The Balaban J connectivity index is 0.682. The lowest BCUT2D eigenvalue weighted by Crippen LogP contribution is -2.42. The van der Waals surface area contributed by atoms with Crippen LogP contribution in [0.15, 0.2) is 71.2 Å². The molecule has 0 bridgehead atoms. The van der Waals surface area contributed by atoms with Gasteiger partial charge in [0.05, 0.1) is 35.3 Å². The van der Waals surface area contributed by atoms with Crippen molar-refractivity contribution in [2.24, 2.45) is 29.4 Å². The van der Waals surface area contributed by atoms with Crippen LogP contribution in [-0.4, -0.2) is 123 Å². The third-order valence-electron chi connectivity index (χ3n) is 16.6. The molecule has 4 aromatic rings. The number of benzene rings is 2. The van der Waals surface area contributed by atoms with Gasteiger partial charge in [0.15, 0.2) is 12.0 Å². The smallest absolute Gasteiger partial charge is 0.264 e. The van der Waals surface area contributed by atoms with Crippen LogP contribution < -0.4 is 19.4 Å². The first-order chi connectivity index (χ1) is 34.4. The van der Waals surface area contributed by atoms with E-state index in [9.17, 15) is 18.8 Å². The van der Waals surface area contributed by atoms with Crippen LogP contribution in [0.1, 0.15) is 101 Å². The van der Waals surface area contributed by atoms with E-state index in [2.05, 4.69) is 64.9 Å². The average molecular weight is 987 g/mol. The van der Waals surface area contributed by atoms with Gasteiger partial charge < -0.3 is 24.3 Å². The molecule has 372 valence electrons. The molecule has 17 heteroatoms. The van der Waals surface area contributed by atoms with Crippen molar-refractivity contribution >= 4 is 46.8 Å². The maximum atomic E-state index is 14.8. The molecule has 3 saturated heterocycles. The van der Waals surface area contributed by atoms with Crippen LogP contribution in [-0.2, 0) is 18.3 Å². The van der Waals surface area contributed by atoms with Gasteiger partial charge in [-0.3, -0.25) is 14.4 Å². The van der Waals surface area contributed by atoms with Crippen LogP contribution in [0, 0.1) is 28.6 Å². The highest BCUT2D eigenvalue weighted by atomic mass is 35.5. The molecule has 6 aliphatic heterocycles. The van der Waals surface area contributed by atoms with Crippen LogP contribution in [0.4, 0.5) is 26.0 Å². The predicted octanol–water partition coefficient (Wildman–Crippen LogP) is 8.85. The molecule has 4 fully saturated rings. The van der Waals surface area contributed by atoms with E-state index >= 15 is 0 Å². The average Bonchev–Trinajstić information content (AvgIpc) is 4.17. The first kappa shape index (κ1) is 47.4. The SMILES string of the molecule is CC(=O)N1CCC2=C(C1)C(N1CCCc3cc(-c4cnn(C)c4)c(C(F)F)cc31)=N/[N+]2=C\C1CCC(CN2CC[C@@H](Oc3ccc(N4CCC5(CC4)C[C@H](C)N(c4ccc(C#N)c(Cl)c4)C5)nn3)C2)CC1. The number of carbonyl (C=O) groups is 1. The van der Waals surface area contributed by atoms with Crippen molar-refractivity contribution in [3.05, 3.63) is 87.8 Å². The zero-order chi connectivity index (χ0) is 49.0. The van der Waals surface area contributed by atoms with Gasteiger partial charge in [-0.15, -0.1) is 10.2 Å². The van der Waals surface area contributed by atoms with E-state index in [0.717, 1.165) is 143 Å². The molecular formula is C54H64ClF2N12O2+. The highest BCUT2D eigenvalue weighted by Crippen LogP contribution is 2.46. The predicted molar refractivity (Wildman–Crippen MR) is 271 cm³/mol. The number of alkyl halides is 2. The fraction of sp³-hybridized carbons (Fsp3) is 0.537. The van der Waals surface area contributed by atoms with Crippen molar-refractivity contribution in [1.82, 2.24) is 29.8 Å². The summed E-state index contributed by atoms with van der Waals surface area (Å²) >= 11 is 6.41. The van der Waals surface area contributed by atoms with Gasteiger partial charge in [0.2, 0.25) is 23.3 Å². The summed E-state index contributed by atoms with van der Waals surface area (Å²) in [7, 11) is 1.79. The van der Waals surface area contributed by atoms with Crippen LogP contribution in [0.2, 0.25) is 5.02 Å². The highest BCUT2D eigenvalue weighted by molar-refractivity contribution is 6.32. The number of amidine groups is 1. The normalized spacial score (nSPS) is 25.0. The van der Waals surface area contributed by atoms with Crippen LogP contribution in [0.25, 0.3) is 11.1 Å². The Hall–Kier alpha value is -5.92. The maximum absolute atomic E-state index is 14.8. The number of rotatable bonds is 9. The lowest BCUT2D eigenvalue weighted by atomic mass is 9.77. The van der Waals surface area contributed by atoms with Crippen molar-refractivity contribution in [3.63, 3.8) is 0 Å². The second-order valence-corrected chi connectivity index (χ2v) is 21.7. The maximum Gasteiger partial charge on any atom is 0.264 e. The number of likely N-dealkylation sites (tertiary alicyclic amines) is 1. The summed E-state index contributed by atoms with van der Waals surface area (Å²) in [4.78, 5) is 24.0. The van der Waals surface area contributed by atoms with Gasteiger partial charge in [0.1, 0.15) is 12.2 Å². The van der Waals surface area contributed by atoms with Gasteiger partial charge in [-0.05, 0) is 130 Å². The molecule has 1 spiro atoms. The van der Waals surface area contributed by atoms with Crippen LogP contribution in [0.3, 0.4) is 0 Å². The number of piperidine rings is 1. The van der Waals surface area contributed by atoms with Crippen LogP contribution >= 0.6 is 11.6 Å². The quantitative estimate of drug-likeness (QED) is 0.150.